The average Bonchev–Trinajstić information content (AvgIpc) is 2.42. The van der Waals surface area contributed by atoms with Crippen molar-refractivity contribution in [2.75, 3.05) is 13.2 Å². The Labute approximate surface area is 118 Å². The van der Waals surface area contributed by atoms with Gasteiger partial charge in [-0.05, 0) is 37.5 Å². The number of rotatable bonds is 4. The molecule has 5 nitrogen and oxygen atoms in total. The molecule has 1 aromatic carbocycles. The fraction of sp³-hybridized carbons (Fsp3) is 0.538. The van der Waals surface area contributed by atoms with Crippen molar-refractivity contribution in [1.82, 2.24) is 4.72 Å². The van der Waals surface area contributed by atoms with E-state index in [0.717, 1.165) is 12.8 Å². The number of benzene rings is 1. The molecule has 0 spiro atoms. The number of ether oxygens (including phenoxy) is 1. The van der Waals surface area contributed by atoms with Gasteiger partial charge in [0.25, 0.3) is 0 Å². The maximum atomic E-state index is 13.7. The largest absolute Gasteiger partial charge is 0.380 e. The highest BCUT2D eigenvalue weighted by molar-refractivity contribution is 7.89. The van der Waals surface area contributed by atoms with E-state index in [2.05, 4.69) is 4.72 Å². The van der Waals surface area contributed by atoms with Gasteiger partial charge in [0.05, 0.1) is 11.5 Å². The van der Waals surface area contributed by atoms with Gasteiger partial charge in [-0.2, -0.15) is 0 Å². The lowest BCUT2D eigenvalue weighted by Gasteiger charge is -2.23. The van der Waals surface area contributed by atoms with Crippen molar-refractivity contribution in [3.05, 3.63) is 29.1 Å². The van der Waals surface area contributed by atoms with Gasteiger partial charge in [0.2, 0.25) is 10.0 Å². The van der Waals surface area contributed by atoms with Crippen molar-refractivity contribution >= 4 is 10.0 Å². The molecule has 20 heavy (non-hydrogen) atoms. The molecule has 1 unspecified atom stereocenters. The van der Waals surface area contributed by atoms with Crippen LogP contribution in [0.2, 0.25) is 0 Å². The van der Waals surface area contributed by atoms with Crippen molar-refractivity contribution in [3.63, 3.8) is 0 Å². The van der Waals surface area contributed by atoms with E-state index in [1.54, 1.807) is 0 Å². The topological polar surface area (TPSA) is 81.4 Å². The molecule has 1 aliphatic heterocycles. The maximum Gasteiger partial charge on any atom is 0.240 e. The average molecular weight is 302 g/mol. The normalized spacial score (nSPS) is 20.1. The molecule has 3 N–H and O–H groups in total. The molecule has 1 saturated heterocycles. The molecule has 0 aliphatic carbocycles. The first kappa shape index (κ1) is 15.4. The van der Waals surface area contributed by atoms with Crippen LogP contribution in [0.3, 0.4) is 0 Å². The zero-order valence-corrected chi connectivity index (χ0v) is 12.2. The molecule has 0 bridgehead atoms. The zero-order valence-electron chi connectivity index (χ0n) is 11.4. The fourth-order valence-electron chi connectivity index (χ4n) is 2.23. The summed E-state index contributed by atoms with van der Waals surface area (Å²) in [6.45, 7) is 2.51. The Bertz CT molecular complexity index is 584. The lowest BCUT2D eigenvalue weighted by atomic mass is 10.1. The summed E-state index contributed by atoms with van der Waals surface area (Å²) in [7, 11) is -3.68. The van der Waals surface area contributed by atoms with Crippen LogP contribution in [0.15, 0.2) is 17.0 Å². The van der Waals surface area contributed by atoms with Crippen molar-refractivity contribution in [2.45, 2.75) is 37.2 Å². The van der Waals surface area contributed by atoms with Crippen molar-refractivity contribution in [3.8, 4) is 0 Å². The van der Waals surface area contributed by atoms with Crippen LogP contribution < -0.4 is 10.5 Å². The van der Waals surface area contributed by atoms with E-state index in [4.69, 9.17) is 10.5 Å². The van der Waals surface area contributed by atoms with Crippen LogP contribution in [0.4, 0.5) is 4.39 Å². The van der Waals surface area contributed by atoms with Crippen LogP contribution in [-0.2, 0) is 21.3 Å². The molecular weight excluding hydrogens is 283 g/mol. The van der Waals surface area contributed by atoms with Gasteiger partial charge in [-0.1, -0.05) is 0 Å². The summed E-state index contributed by atoms with van der Waals surface area (Å²) in [4.78, 5) is 0.0439. The smallest absolute Gasteiger partial charge is 0.240 e. The van der Waals surface area contributed by atoms with Gasteiger partial charge in [0, 0.05) is 24.8 Å². The second-order valence-electron chi connectivity index (χ2n) is 4.95. The highest BCUT2D eigenvalue weighted by Gasteiger charge is 2.23. The number of nitrogens with one attached hydrogen (secondary N) is 1. The Morgan fingerprint density at radius 2 is 2.25 bits per heavy atom. The predicted octanol–water partition coefficient (Wildman–Crippen LogP) is 1.05. The molecule has 1 heterocycles. The summed E-state index contributed by atoms with van der Waals surface area (Å²) in [5, 5.41) is 0. The van der Waals surface area contributed by atoms with Crippen LogP contribution >= 0.6 is 0 Å². The molecule has 7 heteroatoms. The number of sulfonamides is 1. The first-order valence-electron chi connectivity index (χ1n) is 6.53. The predicted molar refractivity (Wildman–Crippen MR) is 73.2 cm³/mol. The monoisotopic (exact) mass is 302 g/mol. The molecule has 0 aromatic heterocycles. The number of hydrogen-bond donors (Lipinski definition) is 2. The number of hydrogen-bond acceptors (Lipinski definition) is 4. The summed E-state index contributed by atoms with van der Waals surface area (Å²) in [5.74, 6) is -0.451. The van der Waals surface area contributed by atoms with Gasteiger partial charge < -0.3 is 10.5 Å². The molecule has 1 aromatic rings. The standard InChI is InChI=1S/C13H19FN2O3S/c1-9-5-12(6-10(7-15)13(9)14)20(17,18)16-11-3-2-4-19-8-11/h5-6,11,16H,2-4,7-8,15H2,1H3. The van der Waals surface area contributed by atoms with E-state index in [1.165, 1.54) is 19.1 Å². The van der Waals surface area contributed by atoms with Crippen LogP contribution in [0.1, 0.15) is 24.0 Å². The van der Waals surface area contributed by atoms with Gasteiger partial charge in [-0.25, -0.2) is 17.5 Å². The Balaban J connectivity index is 2.26. The maximum absolute atomic E-state index is 13.7. The molecular formula is C13H19FN2O3S. The minimum Gasteiger partial charge on any atom is -0.380 e. The van der Waals surface area contributed by atoms with E-state index < -0.39 is 15.8 Å². The van der Waals surface area contributed by atoms with E-state index >= 15 is 0 Å². The van der Waals surface area contributed by atoms with Crippen LogP contribution in [0.25, 0.3) is 0 Å². The Kier molecular flexibility index (Phi) is 4.74. The molecule has 0 amide bonds. The van der Waals surface area contributed by atoms with Gasteiger partial charge in [-0.3, -0.25) is 0 Å². The summed E-state index contributed by atoms with van der Waals surface area (Å²) in [6, 6.07) is 2.37. The third-order valence-corrected chi connectivity index (χ3v) is 4.82. The lowest BCUT2D eigenvalue weighted by Crippen LogP contribution is -2.40. The molecule has 1 atom stereocenters. The molecule has 2 rings (SSSR count). The molecule has 1 fully saturated rings. The van der Waals surface area contributed by atoms with E-state index in [-0.39, 0.29) is 28.6 Å². The first-order chi connectivity index (χ1) is 9.44. The quantitative estimate of drug-likeness (QED) is 0.871. The third-order valence-electron chi connectivity index (χ3n) is 3.32. The zero-order chi connectivity index (χ0) is 14.8. The highest BCUT2D eigenvalue weighted by Crippen LogP contribution is 2.20. The van der Waals surface area contributed by atoms with Crippen LogP contribution in [0.5, 0.6) is 0 Å². The summed E-state index contributed by atoms with van der Waals surface area (Å²) in [5.41, 5.74) is 5.91. The molecule has 1 aliphatic rings. The molecule has 0 saturated carbocycles. The van der Waals surface area contributed by atoms with Crippen LogP contribution in [-0.4, -0.2) is 27.7 Å². The highest BCUT2D eigenvalue weighted by atomic mass is 32.2. The number of aryl methyl sites for hydroxylation is 1. The summed E-state index contributed by atoms with van der Waals surface area (Å²) < 4.78 is 46.2. The van der Waals surface area contributed by atoms with Crippen molar-refractivity contribution < 1.29 is 17.5 Å². The van der Waals surface area contributed by atoms with E-state index in [9.17, 15) is 12.8 Å². The van der Waals surface area contributed by atoms with E-state index in [1.807, 2.05) is 0 Å². The fourth-order valence-corrected chi connectivity index (χ4v) is 3.62. The van der Waals surface area contributed by atoms with Crippen molar-refractivity contribution in [1.29, 1.82) is 0 Å². The molecule has 0 radical (unpaired) electrons. The Morgan fingerprint density at radius 1 is 1.50 bits per heavy atom. The Hall–Kier alpha value is -1.02. The number of halogens is 1. The minimum atomic E-state index is -3.68. The van der Waals surface area contributed by atoms with Gasteiger partial charge in [0.1, 0.15) is 5.82 Å². The second kappa shape index (κ2) is 6.17. The van der Waals surface area contributed by atoms with Gasteiger partial charge >= 0.3 is 0 Å². The van der Waals surface area contributed by atoms with Crippen molar-refractivity contribution in [2.24, 2.45) is 5.73 Å². The van der Waals surface area contributed by atoms with Gasteiger partial charge in [-0.15, -0.1) is 0 Å². The number of nitrogens with two attached hydrogens (primary N) is 1. The lowest BCUT2D eigenvalue weighted by molar-refractivity contribution is 0.0774. The Morgan fingerprint density at radius 3 is 2.85 bits per heavy atom. The summed E-state index contributed by atoms with van der Waals surface area (Å²) in [6.07, 6.45) is 1.56. The molecule has 112 valence electrons. The summed E-state index contributed by atoms with van der Waals surface area (Å²) >= 11 is 0. The van der Waals surface area contributed by atoms with Gasteiger partial charge in [0.15, 0.2) is 0 Å². The minimum absolute atomic E-state index is 0.0391. The second-order valence-corrected chi connectivity index (χ2v) is 6.67. The van der Waals surface area contributed by atoms with E-state index in [0.29, 0.717) is 13.2 Å². The third kappa shape index (κ3) is 3.35. The SMILES string of the molecule is Cc1cc(S(=O)(=O)NC2CCCOC2)cc(CN)c1F. The first-order valence-corrected chi connectivity index (χ1v) is 8.01. The van der Waals surface area contributed by atoms with Crippen LogP contribution in [0, 0.1) is 12.7 Å².